The van der Waals surface area contributed by atoms with Crippen LogP contribution in [0.5, 0.6) is 0 Å². The molecule has 2 aliphatic rings. The Morgan fingerprint density at radius 1 is 1.26 bits per heavy atom. The van der Waals surface area contributed by atoms with Gasteiger partial charge in [0.2, 0.25) is 0 Å². The van der Waals surface area contributed by atoms with Crippen molar-refractivity contribution in [2.75, 3.05) is 26.2 Å². The lowest BCUT2D eigenvalue weighted by Crippen LogP contribution is -2.41. The standard InChI is InChI=1S/C15H21FN2.ClH/c1-11(14-4-2-3-5-15(14)16)18-7-6-12-8-17-9-13(12)10-18;/h2-5,11-13,17H,6-10H2,1H3;1H. The first-order valence-corrected chi connectivity index (χ1v) is 6.95. The van der Waals surface area contributed by atoms with Gasteiger partial charge in [0, 0.05) is 18.2 Å². The van der Waals surface area contributed by atoms with Gasteiger partial charge >= 0.3 is 0 Å². The summed E-state index contributed by atoms with van der Waals surface area (Å²) in [4.78, 5) is 2.44. The summed E-state index contributed by atoms with van der Waals surface area (Å²) in [7, 11) is 0. The van der Waals surface area contributed by atoms with Crippen molar-refractivity contribution in [3.05, 3.63) is 35.6 Å². The van der Waals surface area contributed by atoms with Gasteiger partial charge in [0.05, 0.1) is 0 Å². The molecule has 106 valence electrons. The number of halogens is 2. The fourth-order valence-corrected chi connectivity index (χ4v) is 3.43. The SMILES string of the molecule is CC(c1ccccc1F)N1CCC2CNCC2C1.Cl. The molecule has 3 unspecified atom stereocenters. The lowest BCUT2D eigenvalue weighted by Gasteiger charge is -2.38. The van der Waals surface area contributed by atoms with Crippen LogP contribution in [0.3, 0.4) is 0 Å². The van der Waals surface area contributed by atoms with Gasteiger partial charge in [0.15, 0.2) is 0 Å². The molecule has 0 amide bonds. The zero-order chi connectivity index (χ0) is 12.5. The second-order valence-electron chi connectivity index (χ2n) is 5.66. The highest BCUT2D eigenvalue weighted by Crippen LogP contribution is 2.32. The molecule has 2 heterocycles. The van der Waals surface area contributed by atoms with Gasteiger partial charge in [-0.3, -0.25) is 4.90 Å². The van der Waals surface area contributed by atoms with Crippen molar-refractivity contribution < 1.29 is 4.39 Å². The molecule has 0 radical (unpaired) electrons. The predicted octanol–water partition coefficient (Wildman–Crippen LogP) is 2.85. The van der Waals surface area contributed by atoms with E-state index in [1.807, 2.05) is 12.1 Å². The Bertz CT molecular complexity index is 426. The first-order valence-electron chi connectivity index (χ1n) is 6.95. The van der Waals surface area contributed by atoms with Crippen LogP contribution < -0.4 is 5.32 Å². The van der Waals surface area contributed by atoms with Crippen LogP contribution in [0.2, 0.25) is 0 Å². The van der Waals surface area contributed by atoms with Gasteiger partial charge in [-0.05, 0) is 50.9 Å². The maximum Gasteiger partial charge on any atom is 0.127 e. The summed E-state index contributed by atoms with van der Waals surface area (Å²) < 4.78 is 13.8. The molecule has 3 atom stereocenters. The van der Waals surface area contributed by atoms with E-state index in [1.165, 1.54) is 13.0 Å². The molecular formula is C15H22ClFN2. The van der Waals surface area contributed by atoms with Crippen molar-refractivity contribution in [2.24, 2.45) is 11.8 Å². The topological polar surface area (TPSA) is 15.3 Å². The van der Waals surface area contributed by atoms with E-state index in [2.05, 4.69) is 17.1 Å². The van der Waals surface area contributed by atoms with Crippen molar-refractivity contribution >= 4 is 12.4 Å². The van der Waals surface area contributed by atoms with Gasteiger partial charge in [0.25, 0.3) is 0 Å². The van der Waals surface area contributed by atoms with Crippen molar-refractivity contribution in [3.63, 3.8) is 0 Å². The van der Waals surface area contributed by atoms with E-state index in [-0.39, 0.29) is 24.3 Å². The molecule has 1 N–H and O–H groups in total. The van der Waals surface area contributed by atoms with Crippen LogP contribution >= 0.6 is 12.4 Å². The number of hydrogen-bond acceptors (Lipinski definition) is 2. The molecule has 2 aliphatic heterocycles. The van der Waals surface area contributed by atoms with Gasteiger partial charge in [-0.15, -0.1) is 12.4 Å². The average molecular weight is 285 g/mol. The van der Waals surface area contributed by atoms with Crippen LogP contribution in [0.1, 0.15) is 24.9 Å². The van der Waals surface area contributed by atoms with Gasteiger partial charge in [-0.1, -0.05) is 18.2 Å². The Morgan fingerprint density at radius 3 is 2.79 bits per heavy atom. The minimum Gasteiger partial charge on any atom is -0.316 e. The van der Waals surface area contributed by atoms with E-state index in [4.69, 9.17) is 0 Å². The summed E-state index contributed by atoms with van der Waals surface area (Å²) in [5.41, 5.74) is 0.835. The van der Waals surface area contributed by atoms with E-state index in [9.17, 15) is 4.39 Å². The van der Waals surface area contributed by atoms with Crippen LogP contribution in [0, 0.1) is 17.7 Å². The van der Waals surface area contributed by atoms with Crippen LogP contribution in [0.4, 0.5) is 4.39 Å². The number of nitrogens with one attached hydrogen (secondary N) is 1. The highest BCUT2D eigenvalue weighted by Gasteiger charge is 2.34. The molecule has 0 spiro atoms. The Kier molecular flexibility index (Phi) is 4.82. The normalized spacial score (nSPS) is 28.5. The van der Waals surface area contributed by atoms with Gasteiger partial charge in [0.1, 0.15) is 5.82 Å². The van der Waals surface area contributed by atoms with E-state index in [0.717, 1.165) is 37.0 Å². The van der Waals surface area contributed by atoms with Crippen molar-refractivity contribution in [2.45, 2.75) is 19.4 Å². The smallest absolute Gasteiger partial charge is 0.127 e. The highest BCUT2D eigenvalue weighted by atomic mass is 35.5. The fraction of sp³-hybridized carbons (Fsp3) is 0.600. The number of piperidine rings is 1. The summed E-state index contributed by atoms with van der Waals surface area (Å²) in [6, 6.07) is 7.36. The summed E-state index contributed by atoms with van der Waals surface area (Å²) in [6.07, 6.45) is 1.25. The molecule has 0 saturated carbocycles. The van der Waals surface area contributed by atoms with Crippen LogP contribution in [0.15, 0.2) is 24.3 Å². The minimum atomic E-state index is -0.0725. The first-order chi connectivity index (χ1) is 8.75. The molecule has 2 nitrogen and oxygen atoms in total. The zero-order valence-electron chi connectivity index (χ0n) is 11.3. The Hall–Kier alpha value is -0.640. The number of nitrogens with zero attached hydrogens (tertiary/aromatic N) is 1. The second kappa shape index (κ2) is 6.21. The molecule has 0 aliphatic carbocycles. The average Bonchev–Trinajstić information content (AvgIpc) is 2.85. The first kappa shape index (κ1) is 14.8. The van der Waals surface area contributed by atoms with E-state index in [1.54, 1.807) is 12.1 Å². The zero-order valence-corrected chi connectivity index (χ0v) is 12.1. The maximum absolute atomic E-state index is 13.8. The third kappa shape index (κ3) is 2.93. The lowest BCUT2D eigenvalue weighted by molar-refractivity contribution is 0.109. The minimum absolute atomic E-state index is 0. The molecule has 1 aromatic rings. The van der Waals surface area contributed by atoms with Gasteiger partial charge < -0.3 is 5.32 Å². The molecule has 3 rings (SSSR count). The largest absolute Gasteiger partial charge is 0.316 e. The molecule has 2 saturated heterocycles. The molecule has 0 aromatic heterocycles. The molecule has 0 bridgehead atoms. The third-order valence-corrected chi connectivity index (χ3v) is 4.64. The van der Waals surface area contributed by atoms with Gasteiger partial charge in [-0.2, -0.15) is 0 Å². The number of hydrogen-bond donors (Lipinski definition) is 1. The van der Waals surface area contributed by atoms with Crippen LogP contribution in [-0.4, -0.2) is 31.1 Å². The Balaban J connectivity index is 0.00000133. The van der Waals surface area contributed by atoms with Gasteiger partial charge in [-0.25, -0.2) is 4.39 Å². The quantitative estimate of drug-likeness (QED) is 0.898. The van der Waals surface area contributed by atoms with Crippen LogP contribution in [-0.2, 0) is 0 Å². The summed E-state index contributed by atoms with van der Waals surface area (Å²) in [6.45, 7) is 6.63. The Labute approximate surface area is 120 Å². The number of benzene rings is 1. The van der Waals surface area contributed by atoms with Crippen molar-refractivity contribution in [3.8, 4) is 0 Å². The lowest BCUT2D eigenvalue weighted by atomic mass is 9.87. The maximum atomic E-state index is 13.8. The Morgan fingerprint density at radius 2 is 2.00 bits per heavy atom. The van der Waals surface area contributed by atoms with E-state index >= 15 is 0 Å². The summed E-state index contributed by atoms with van der Waals surface area (Å²) >= 11 is 0. The fourth-order valence-electron chi connectivity index (χ4n) is 3.43. The summed E-state index contributed by atoms with van der Waals surface area (Å²) in [5, 5.41) is 3.47. The number of rotatable bonds is 2. The molecule has 1 aromatic carbocycles. The van der Waals surface area contributed by atoms with Crippen molar-refractivity contribution in [1.29, 1.82) is 0 Å². The number of fused-ring (bicyclic) bond motifs is 1. The molecule has 19 heavy (non-hydrogen) atoms. The van der Waals surface area contributed by atoms with E-state index in [0.29, 0.717) is 0 Å². The van der Waals surface area contributed by atoms with E-state index < -0.39 is 0 Å². The summed E-state index contributed by atoms with van der Waals surface area (Å²) in [5.74, 6) is 1.53. The number of likely N-dealkylation sites (tertiary alicyclic amines) is 1. The second-order valence-corrected chi connectivity index (χ2v) is 5.66. The highest BCUT2D eigenvalue weighted by molar-refractivity contribution is 5.85. The molecule has 2 fully saturated rings. The van der Waals surface area contributed by atoms with Crippen LogP contribution in [0.25, 0.3) is 0 Å². The molecular weight excluding hydrogens is 263 g/mol. The monoisotopic (exact) mass is 284 g/mol. The predicted molar refractivity (Wildman–Crippen MR) is 78.1 cm³/mol. The third-order valence-electron chi connectivity index (χ3n) is 4.64. The van der Waals surface area contributed by atoms with Crippen molar-refractivity contribution in [1.82, 2.24) is 10.2 Å². The molecule has 4 heteroatoms.